The summed E-state index contributed by atoms with van der Waals surface area (Å²) in [5.74, 6) is 2.46. The first-order chi connectivity index (χ1) is 16.7. The predicted octanol–water partition coefficient (Wildman–Crippen LogP) is 4.55. The van der Waals surface area contributed by atoms with Gasteiger partial charge in [-0.3, -0.25) is 9.69 Å². The molecular weight excluding hydrogens is 424 g/mol. The van der Waals surface area contributed by atoms with Crippen LogP contribution in [0.1, 0.15) is 84.5 Å². The zero-order chi connectivity index (χ0) is 23.8. The summed E-state index contributed by atoms with van der Waals surface area (Å²) in [7, 11) is 0. The average Bonchev–Trinajstić information content (AvgIpc) is 3.16. The molecule has 3 saturated heterocycles. The molecule has 4 rings (SSSR count). The molecule has 0 saturated carbocycles. The van der Waals surface area contributed by atoms with Crippen molar-refractivity contribution in [3.63, 3.8) is 0 Å². The first-order valence-corrected chi connectivity index (χ1v) is 14.0. The number of nitrogens with one attached hydrogen (secondary N) is 1. The van der Waals surface area contributed by atoms with Crippen molar-refractivity contribution in [2.45, 2.75) is 96.6 Å². The van der Waals surface area contributed by atoms with Crippen LogP contribution >= 0.6 is 0 Å². The van der Waals surface area contributed by atoms with Crippen LogP contribution in [0.3, 0.4) is 0 Å². The number of anilines is 2. The maximum Gasteiger partial charge on any atom is 0.225 e. The van der Waals surface area contributed by atoms with Gasteiger partial charge in [0.2, 0.25) is 11.9 Å². The Labute approximate surface area is 206 Å². The Morgan fingerprint density at radius 2 is 1.82 bits per heavy atom. The Kier molecular flexibility index (Phi) is 9.42. The average molecular weight is 471 g/mol. The molecule has 7 heteroatoms. The van der Waals surface area contributed by atoms with Gasteiger partial charge in [-0.25, -0.2) is 4.98 Å². The molecule has 0 aliphatic carbocycles. The third kappa shape index (κ3) is 6.61. The molecule has 3 aliphatic rings. The first-order valence-electron chi connectivity index (χ1n) is 14.0. The molecule has 1 aromatic rings. The normalized spacial score (nSPS) is 23.6. The monoisotopic (exact) mass is 470 g/mol. The lowest BCUT2D eigenvalue weighted by atomic mass is 9.95. The molecule has 1 amide bonds. The van der Waals surface area contributed by atoms with E-state index in [-0.39, 0.29) is 5.92 Å². The van der Waals surface area contributed by atoms with Crippen molar-refractivity contribution in [2.75, 3.05) is 49.5 Å². The Morgan fingerprint density at radius 3 is 2.53 bits per heavy atom. The summed E-state index contributed by atoms with van der Waals surface area (Å²) in [5.41, 5.74) is 0. The highest BCUT2D eigenvalue weighted by molar-refractivity contribution is 5.78. The zero-order valence-corrected chi connectivity index (χ0v) is 21.6. The Morgan fingerprint density at radius 1 is 1.06 bits per heavy atom. The number of amides is 1. The number of aromatic nitrogens is 2. The molecular formula is C27H46N6O. The SMILES string of the molecule is CCCCC(CC)C(=O)N1CCC(N2CCC(Nc3nccc(N4CCCCCC4)n3)C2)CC1. The number of likely N-dealkylation sites (tertiary alicyclic amines) is 2. The maximum atomic E-state index is 13.0. The van der Waals surface area contributed by atoms with E-state index in [2.05, 4.69) is 44.9 Å². The largest absolute Gasteiger partial charge is 0.356 e. The van der Waals surface area contributed by atoms with Gasteiger partial charge in [-0.05, 0) is 51.0 Å². The summed E-state index contributed by atoms with van der Waals surface area (Å²) in [6.45, 7) is 10.6. The minimum absolute atomic E-state index is 0.224. The first kappa shape index (κ1) is 25.2. The van der Waals surface area contributed by atoms with Crippen LogP contribution in [0.25, 0.3) is 0 Å². The number of piperidine rings is 1. The summed E-state index contributed by atoms with van der Waals surface area (Å²) >= 11 is 0. The number of carbonyl (C=O) groups is 1. The van der Waals surface area contributed by atoms with Gasteiger partial charge in [-0.2, -0.15) is 4.98 Å². The van der Waals surface area contributed by atoms with Gasteiger partial charge in [0.1, 0.15) is 5.82 Å². The van der Waals surface area contributed by atoms with Crippen molar-refractivity contribution in [1.82, 2.24) is 19.8 Å². The summed E-state index contributed by atoms with van der Waals surface area (Å²) in [6.07, 6.45) is 14.8. The highest BCUT2D eigenvalue weighted by atomic mass is 16.2. The fourth-order valence-corrected chi connectivity index (χ4v) is 5.98. The van der Waals surface area contributed by atoms with E-state index in [0.717, 1.165) is 89.6 Å². The summed E-state index contributed by atoms with van der Waals surface area (Å²) < 4.78 is 0. The second kappa shape index (κ2) is 12.7. The molecule has 1 aromatic heterocycles. The third-order valence-corrected chi connectivity index (χ3v) is 8.16. The van der Waals surface area contributed by atoms with Gasteiger partial charge < -0.3 is 15.1 Å². The number of carbonyl (C=O) groups excluding carboxylic acids is 1. The van der Waals surface area contributed by atoms with E-state index in [1.165, 1.54) is 32.1 Å². The van der Waals surface area contributed by atoms with Gasteiger partial charge >= 0.3 is 0 Å². The Bertz CT molecular complexity index is 757. The van der Waals surface area contributed by atoms with E-state index < -0.39 is 0 Å². The van der Waals surface area contributed by atoms with Crippen molar-refractivity contribution < 1.29 is 4.79 Å². The van der Waals surface area contributed by atoms with Gasteiger partial charge in [0.25, 0.3) is 0 Å². The number of nitrogens with zero attached hydrogens (tertiary/aromatic N) is 5. The Balaban J connectivity index is 1.24. The van der Waals surface area contributed by atoms with Gasteiger partial charge in [-0.15, -0.1) is 0 Å². The lowest BCUT2D eigenvalue weighted by molar-refractivity contribution is -0.137. The van der Waals surface area contributed by atoms with Crippen LogP contribution in [0.15, 0.2) is 12.3 Å². The molecule has 7 nitrogen and oxygen atoms in total. The predicted molar refractivity (Wildman–Crippen MR) is 139 cm³/mol. The lowest BCUT2D eigenvalue weighted by Crippen LogP contribution is -2.48. The molecule has 0 spiro atoms. The molecule has 3 aliphatic heterocycles. The van der Waals surface area contributed by atoms with Gasteiger partial charge in [0.05, 0.1) is 0 Å². The minimum atomic E-state index is 0.224. The van der Waals surface area contributed by atoms with E-state index in [9.17, 15) is 4.79 Å². The van der Waals surface area contributed by atoms with Crippen molar-refractivity contribution in [2.24, 2.45) is 5.92 Å². The molecule has 34 heavy (non-hydrogen) atoms. The molecule has 1 N–H and O–H groups in total. The van der Waals surface area contributed by atoms with Crippen LogP contribution < -0.4 is 10.2 Å². The van der Waals surface area contributed by atoms with E-state index in [4.69, 9.17) is 4.98 Å². The molecule has 4 heterocycles. The zero-order valence-electron chi connectivity index (χ0n) is 21.6. The van der Waals surface area contributed by atoms with E-state index in [1.54, 1.807) is 0 Å². The topological polar surface area (TPSA) is 64.6 Å². The van der Waals surface area contributed by atoms with Gasteiger partial charge in [0, 0.05) is 63.5 Å². The molecule has 3 fully saturated rings. The van der Waals surface area contributed by atoms with Crippen LogP contribution in [-0.2, 0) is 4.79 Å². The van der Waals surface area contributed by atoms with Gasteiger partial charge in [-0.1, -0.05) is 39.5 Å². The summed E-state index contributed by atoms with van der Waals surface area (Å²) in [4.78, 5) is 29.5. The smallest absolute Gasteiger partial charge is 0.225 e. The summed E-state index contributed by atoms with van der Waals surface area (Å²) in [5, 5.41) is 3.62. The van der Waals surface area contributed by atoms with Crippen LogP contribution in [-0.4, -0.2) is 77.0 Å². The number of rotatable bonds is 9. The van der Waals surface area contributed by atoms with E-state index in [1.807, 2.05) is 6.20 Å². The Hall–Kier alpha value is -1.89. The second-order valence-electron chi connectivity index (χ2n) is 10.6. The molecule has 2 atom stereocenters. The highest BCUT2D eigenvalue weighted by Crippen LogP contribution is 2.25. The lowest BCUT2D eigenvalue weighted by Gasteiger charge is -2.38. The van der Waals surface area contributed by atoms with Crippen LogP contribution in [0, 0.1) is 5.92 Å². The molecule has 190 valence electrons. The minimum Gasteiger partial charge on any atom is -0.356 e. The summed E-state index contributed by atoms with van der Waals surface area (Å²) in [6, 6.07) is 3.05. The fourth-order valence-electron chi connectivity index (χ4n) is 5.98. The van der Waals surface area contributed by atoms with Crippen LogP contribution in [0.4, 0.5) is 11.8 Å². The molecule has 0 bridgehead atoms. The van der Waals surface area contributed by atoms with E-state index in [0.29, 0.717) is 18.0 Å². The highest BCUT2D eigenvalue weighted by Gasteiger charge is 2.33. The van der Waals surface area contributed by atoms with E-state index >= 15 is 0 Å². The second-order valence-corrected chi connectivity index (χ2v) is 10.6. The van der Waals surface area contributed by atoms with Crippen molar-refractivity contribution in [1.29, 1.82) is 0 Å². The van der Waals surface area contributed by atoms with Crippen LogP contribution in [0.2, 0.25) is 0 Å². The molecule has 0 radical (unpaired) electrons. The molecule has 2 unspecified atom stereocenters. The quantitative estimate of drug-likeness (QED) is 0.571. The van der Waals surface area contributed by atoms with Crippen molar-refractivity contribution >= 4 is 17.7 Å². The fraction of sp³-hybridized carbons (Fsp3) is 0.815. The third-order valence-electron chi connectivity index (χ3n) is 8.16. The number of hydrogen-bond acceptors (Lipinski definition) is 6. The standard InChI is InChI=1S/C27H46N6O/c1-3-5-10-22(4-2)26(34)32-19-13-24(14-20-32)33-18-12-23(21-33)29-27-28-15-11-25(30-27)31-16-8-6-7-9-17-31/h11,15,22-24H,3-10,12-14,16-21H2,1-2H3,(H,28,29,30). The maximum absolute atomic E-state index is 13.0. The van der Waals surface area contributed by atoms with Crippen LogP contribution in [0.5, 0.6) is 0 Å². The van der Waals surface area contributed by atoms with Crippen molar-refractivity contribution in [3.8, 4) is 0 Å². The van der Waals surface area contributed by atoms with Crippen molar-refractivity contribution in [3.05, 3.63) is 12.3 Å². The number of hydrogen-bond donors (Lipinski definition) is 1. The molecule has 0 aromatic carbocycles. The number of unbranched alkanes of at least 4 members (excludes halogenated alkanes) is 1. The van der Waals surface area contributed by atoms with Gasteiger partial charge in [0.15, 0.2) is 0 Å².